The molecule has 4 heterocycles. The standard InChI is InChI=1S/C9H14ClN/c10-8-3-7-5-11-2-1-6(7)4-9(8)11/h6-9H,1-5H2. The van der Waals surface area contributed by atoms with Crippen molar-refractivity contribution in [3.8, 4) is 0 Å². The zero-order valence-electron chi connectivity index (χ0n) is 6.67. The van der Waals surface area contributed by atoms with Gasteiger partial charge in [-0.25, -0.2) is 0 Å². The monoisotopic (exact) mass is 171 g/mol. The number of hydrogen-bond donors (Lipinski definition) is 0. The summed E-state index contributed by atoms with van der Waals surface area (Å²) >= 11 is 6.27. The van der Waals surface area contributed by atoms with E-state index in [-0.39, 0.29) is 0 Å². The molecular formula is C9H14ClN. The number of piperidine rings is 4. The van der Waals surface area contributed by atoms with E-state index in [9.17, 15) is 0 Å². The Balaban J connectivity index is 1.93. The highest BCUT2D eigenvalue weighted by Gasteiger charge is 2.48. The lowest BCUT2D eigenvalue weighted by Crippen LogP contribution is -2.61. The van der Waals surface area contributed by atoms with Gasteiger partial charge in [-0.3, -0.25) is 4.90 Å². The van der Waals surface area contributed by atoms with Gasteiger partial charge in [0.05, 0.1) is 0 Å². The van der Waals surface area contributed by atoms with Crippen LogP contribution in [0.1, 0.15) is 19.3 Å². The van der Waals surface area contributed by atoms with Crippen LogP contribution in [-0.4, -0.2) is 29.4 Å². The van der Waals surface area contributed by atoms with E-state index in [1.165, 1.54) is 32.4 Å². The van der Waals surface area contributed by atoms with Crippen LogP contribution in [0, 0.1) is 11.8 Å². The lowest BCUT2D eigenvalue weighted by Gasteiger charge is -2.56. The minimum atomic E-state index is 0.477. The van der Waals surface area contributed by atoms with Crippen LogP contribution < -0.4 is 0 Å². The fraction of sp³-hybridized carbons (Fsp3) is 1.00. The molecule has 0 radical (unpaired) electrons. The van der Waals surface area contributed by atoms with Gasteiger partial charge in [-0.1, -0.05) is 0 Å². The van der Waals surface area contributed by atoms with Gasteiger partial charge in [0.1, 0.15) is 0 Å². The third-order valence-electron chi connectivity index (χ3n) is 3.88. The van der Waals surface area contributed by atoms with Crippen molar-refractivity contribution in [1.29, 1.82) is 0 Å². The van der Waals surface area contributed by atoms with Gasteiger partial charge < -0.3 is 0 Å². The van der Waals surface area contributed by atoms with Crippen LogP contribution in [0.25, 0.3) is 0 Å². The second-order valence-corrected chi connectivity index (χ2v) is 4.92. The Morgan fingerprint density at radius 2 is 2.09 bits per heavy atom. The fourth-order valence-corrected chi connectivity index (χ4v) is 3.76. The molecule has 4 bridgehead atoms. The molecule has 4 aliphatic heterocycles. The Kier molecular flexibility index (Phi) is 1.31. The summed E-state index contributed by atoms with van der Waals surface area (Å²) in [6.45, 7) is 2.69. The molecule has 5 atom stereocenters. The van der Waals surface area contributed by atoms with E-state index >= 15 is 0 Å². The van der Waals surface area contributed by atoms with E-state index in [0.29, 0.717) is 5.38 Å². The summed E-state index contributed by atoms with van der Waals surface area (Å²) in [5, 5.41) is 0.477. The van der Waals surface area contributed by atoms with E-state index in [1.54, 1.807) is 0 Å². The zero-order valence-corrected chi connectivity index (χ0v) is 7.43. The van der Waals surface area contributed by atoms with Crippen LogP contribution in [0.15, 0.2) is 0 Å². The van der Waals surface area contributed by atoms with Crippen LogP contribution >= 0.6 is 11.6 Å². The van der Waals surface area contributed by atoms with Crippen molar-refractivity contribution in [3.63, 3.8) is 0 Å². The number of rotatable bonds is 0. The lowest BCUT2D eigenvalue weighted by atomic mass is 9.67. The summed E-state index contributed by atoms with van der Waals surface area (Å²) in [6, 6.07) is 0.750. The third-order valence-corrected chi connectivity index (χ3v) is 4.35. The van der Waals surface area contributed by atoms with Gasteiger partial charge in [-0.15, -0.1) is 11.6 Å². The second-order valence-electron chi connectivity index (χ2n) is 4.36. The molecule has 1 saturated carbocycles. The minimum absolute atomic E-state index is 0.477. The molecule has 1 nitrogen and oxygen atoms in total. The quantitative estimate of drug-likeness (QED) is 0.502. The molecule has 5 rings (SSSR count). The largest absolute Gasteiger partial charge is 0.299 e. The van der Waals surface area contributed by atoms with Crippen molar-refractivity contribution in [2.75, 3.05) is 13.1 Å². The van der Waals surface area contributed by atoms with E-state index in [0.717, 1.165) is 17.9 Å². The molecule has 62 valence electrons. The third kappa shape index (κ3) is 0.815. The number of halogens is 1. The molecule has 0 spiro atoms. The second kappa shape index (κ2) is 2.14. The maximum absolute atomic E-state index is 6.27. The van der Waals surface area contributed by atoms with Crippen molar-refractivity contribution in [1.82, 2.24) is 4.90 Å². The summed E-state index contributed by atoms with van der Waals surface area (Å²) in [6.07, 6.45) is 4.15. The first kappa shape index (κ1) is 6.73. The van der Waals surface area contributed by atoms with Crippen LogP contribution in [0.3, 0.4) is 0 Å². The molecule has 5 unspecified atom stereocenters. The topological polar surface area (TPSA) is 3.24 Å². The highest BCUT2D eigenvalue weighted by Crippen LogP contribution is 2.46. The SMILES string of the molecule is ClC1CC2CN3CCC2CC13. The Morgan fingerprint density at radius 1 is 1.18 bits per heavy atom. The summed E-state index contributed by atoms with van der Waals surface area (Å²) in [7, 11) is 0. The number of hydrogen-bond acceptors (Lipinski definition) is 1. The van der Waals surface area contributed by atoms with Crippen LogP contribution in [0.5, 0.6) is 0 Å². The smallest absolute Gasteiger partial charge is 0.0494 e. The Labute approximate surface area is 72.7 Å². The molecule has 5 fully saturated rings. The maximum atomic E-state index is 6.27. The molecule has 0 amide bonds. The molecule has 2 heteroatoms. The van der Waals surface area contributed by atoms with Crippen LogP contribution in [0.4, 0.5) is 0 Å². The minimum Gasteiger partial charge on any atom is -0.299 e. The fourth-order valence-electron chi connectivity index (χ4n) is 3.27. The Hall–Kier alpha value is 0.250. The molecule has 5 aliphatic rings. The van der Waals surface area contributed by atoms with Gasteiger partial charge in [0.2, 0.25) is 0 Å². The van der Waals surface area contributed by atoms with Crippen molar-refractivity contribution >= 4 is 11.6 Å². The van der Waals surface area contributed by atoms with Gasteiger partial charge in [0.25, 0.3) is 0 Å². The van der Waals surface area contributed by atoms with Crippen molar-refractivity contribution in [2.45, 2.75) is 30.7 Å². The molecular weight excluding hydrogens is 158 g/mol. The highest BCUT2D eigenvalue weighted by molar-refractivity contribution is 6.21. The molecule has 0 aromatic rings. The average Bonchev–Trinajstić information content (AvgIpc) is 2.05. The van der Waals surface area contributed by atoms with Crippen molar-refractivity contribution in [3.05, 3.63) is 0 Å². The van der Waals surface area contributed by atoms with E-state index in [1.807, 2.05) is 0 Å². The van der Waals surface area contributed by atoms with Crippen molar-refractivity contribution < 1.29 is 0 Å². The van der Waals surface area contributed by atoms with Crippen LogP contribution in [0.2, 0.25) is 0 Å². The normalized spacial score (nSPS) is 60.3. The highest BCUT2D eigenvalue weighted by atomic mass is 35.5. The van der Waals surface area contributed by atoms with Crippen LogP contribution in [-0.2, 0) is 0 Å². The predicted molar refractivity (Wildman–Crippen MR) is 45.8 cm³/mol. The summed E-state index contributed by atoms with van der Waals surface area (Å²) in [5.74, 6) is 2.00. The molecule has 0 N–H and O–H groups in total. The first-order valence-corrected chi connectivity index (χ1v) is 5.16. The van der Waals surface area contributed by atoms with Gasteiger partial charge in [0, 0.05) is 18.0 Å². The molecule has 1 aliphatic carbocycles. The van der Waals surface area contributed by atoms with Gasteiger partial charge in [-0.05, 0) is 37.6 Å². The van der Waals surface area contributed by atoms with Gasteiger partial charge in [0.15, 0.2) is 0 Å². The number of nitrogens with zero attached hydrogens (tertiary/aromatic N) is 1. The van der Waals surface area contributed by atoms with E-state index < -0.39 is 0 Å². The molecule has 4 saturated heterocycles. The first-order chi connectivity index (χ1) is 5.34. The van der Waals surface area contributed by atoms with Crippen molar-refractivity contribution in [2.24, 2.45) is 11.8 Å². The lowest BCUT2D eigenvalue weighted by molar-refractivity contribution is -0.0437. The summed E-state index contributed by atoms with van der Waals surface area (Å²) in [5.41, 5.74) is 0. The van der Waals surface area contributed by atoms with Gasteiger partial charge in [-0.2, -0.15) is 0 Å². The molecule has 0 aromatic carbocycles. The summed E-state index contributed by atoms with van der Waals surface area (Å²) in [4.78, 5) is 2.62. The van der Waals surface area contributed by atoms with E-state index in [4.69, 9.17) is 11.6 Å². The maximum Gasteiger partial charge on any atom is 0.0494 e. The predicted octanol–water partition coefficient (Wildman–Crippen LogP) is 1.71. The molecule has 0 aromatic heterocycles. The first-order valence-electron chi connectivity index (χ1n) is 4.73. The molecule has 11 heavy (non-hydrogen) atoms. The average molecular weight is 172 g/mol. The van der Waals surface area contributed by atoms with E-state index in [2.05, 4.69) is 4.90 Å². The Bertz CT molecular complexity index is 180. The number of alkyl halides is 1. The number of fused-ring (bicyclic) bond motifs is 2. The Morgan fingerprint density at radius 3 is 2.64 bits per heavy atom. The summed E-state index contributed by atoms with van der Waals surface area (Å²) < 4.78 is 0. The van der Waals surface area contributed by atoms with Gasteiger partial charge >= 0.3 is 0 Å². The zero-order chi connectivity index (χ0) is 7.42.